The summed E-state index contributed by atoms with van der Waals surface area (Å²) in [5.74, 6) is 0.0659. The molecule has 1 aliphatic heterocycles. The fourth-order valence-electron chi connectivity index (χ4n) is 2.71. The van der Waals surface area contributed by atoms with E-state index in [1.54, 1.807) is 11.3 Å². The summed E-state index contributed by atoms with van der Waals surface area (Å²) < 4.78 is 0. The van der Waals surface area contributed by atoms with Crippen LogP contribution in [-0.2, 0) is 12.8 Å². The zero-order valence-corrected chi connectivity index (χ0v) is 13.6. The van der Waals surface area contributed by atoms with Crippen molar-refractivity contribution in [1.29, 1.82) is 0 Å². The topological polar surface area (TPSA) is 45.2 Å². The molecule has 1 aromatic carbocycles. The van der Waals surface area contributed by atoms with Gasteiger partial charge in [0.05, 0.1) is 5.01 Å². The number of piperazine rings is 1. The monoisotopic (exact) mass is 315 g/mol. The number of nitrogens with one attached hydrogen (secondary N) is 1. The Morgan fingerprint density at radius 3 is 2.95 bits per heavy atom. The van der Waals surface area contributed by atoms with Crippen LogP contribution in [0.4, 0.5) is 0 Å². The summed E-state index contributed by atoms with van der Waals surface area (Å²) in [6.07, 6.45) is 1.85. The Kier molecular flexibility index (Phi) is 4.85. The van der Waals surface area contributed by atoms with E-state index in [9.17, 15) is 4.79 Å². The van der Waals surface area contributed by atoms with Gasteiger partial charge in [-0.2, -0.15) is 0 Å². The molecule has 0 spiro atoms. The predicted octanol–water partition coefficient (Wildman–Crippen LogP) is 2.36. The molecule has 2 heterocycles. The molecular weight excluding hydrogens is 294 g/mol. The van der Waals surface area contributed by atoms with Crippen LogP contribution in [0.2, 0.25) is 0 Å². The Morgan fingerprint density at radius 2 is 2.18 bits per heavy atom. The van der Waals surface area contributed by atoms with E-state index in [0.29, 0.717) is 5.69 Å². The molecule has 1 fully saturated rings. The van der Waals surface area contributed by atoms with Crippen LogP contribution in [0, 0.1) is 0 Å². The van der Waals surface area contributed by atoms with Crippen LogP contribution in [0.5, 0.6) is 0 Å². The first kappa shape index (κ1) is 15.2. The Hall–Kier alpha value is -1.72. The Balaban J connectivity index is 1.62. The van der Waals surface area contributed by atoms with Crippen molar-refractivity contribution in [2.45, 2.75) is 25.8 Å². The maximum absolute atomic E-state index is 12.5. The third-order valence-corrected chi connectivity index (χ3v) is 4.91. The van der Waals surface area contributed by atoms with Crippen LogP contribution in [0.1, 0.15) is 28.0 Å². The zero-order valence-electron chi connectivity index (χ0n) is 12.8. The van der Waals surface area contributed by atoms with Crippen LogP contribution in [-0.4, -0.2) is 41.5 Å². The minimum atomic E-state index is 0.0659. The van der Waals surface area contributed by atoms with E-state index in [1.165, 1.54) is 5.56 Å². The van der Waals surface area contributed by atoms with Crippen molar-refractivity contribution >= 4 is 17.2 Å². The molecule has 0 bridgehead atoms. The second-order valence-corrected chi connectivity index (χ2v) is 6.61. The fourth-order valence-corrected chi connectivity index (χ4v) is 3.48. The third-order valence-electron chi connectivity index (χ3n) is 4.00. The molecule has 1 saturated heterocycles. The number of benzene rings is 1. The molecule has 0 aliphatic carbocycles. The number of rotatable bonds is 4. The molecular formula is C17H21N3OS. The van der Waals surface area contributed by atoms with E-state index in [0.717, 1.165) is 37.5 Å². The number of aromatic nitrogens is 1. The van der Waals surface area contributed by atoms with Gasteiger partial charge in [-0.1, -0.05) is 30.3 Å². The highest BCUT2D eigenvalue weighted by Gasteiger charge is 2.25. The van der Waals surface area contributed by atoms with Crippen LogP contribution in [0.25, 0.3) is 0 Å². The lowest BCUT2D eigenvalue weighted by molar-refractivity contribution is 0.0650. The molecule has 1 aliphatic rings. The zero-order chi connectivity index (χ0) is 15.4. The number of carbonyl (C=O) groups excluding carboxylic acids is 1. The molecule has 3 rings (SSSR count). The highest BCUT2D eigenvalue weighted by Crippen LogP contribution is 2.16. The van der Waals surface area contributed by atoms with E-state index in [2.05, 4.69) is 41.5 Å². The van der Waals surface area contributed by atoms with Gasteiger partial charge in [-0.05, 0) is 18.9 Å². The van der Waals surface area contributed by atoms with E-state index in [4.69, 9.17) is 0 Å². The van der Waals surface area contributed by atoms with Gasteiger partial charge in [0.15, 0.2) is 0 Å². The van der Waals surface area contributed by atoms with Gasteiger partial charge in [-0.25, -0.2) is 4.98 Å². The van der Waals surface area contributed by atoms with Crippen LogP contribution >= 0.6 is 11.3 Å². The summed E-state index contributed by atoms with van der Waals surface area (Å²) in [6.45, 7) is 4.56. The van der Waals surface area contributed by atoms with Crippen molar-refractivity contribution in [3.63, 3.8) is 0 Å². The molecule has 2 aromatic rings. The van der Waals surface area contributed by atoms with Crippen molar-refractivity contribution in [3.8, 4) is 0 Å². The Morgan fingerprint density at radius 1 is 1.36 bits per heavy atom. The Bertz CT molecular complexity index is 626. The molecule has 0 radical (unpaired) electrons. The maximum Gasteiger partial charge on any atom is 0.273 e. The summed E-state index contributed by atoms with van der Waals surface area (Å²) in [4.78, 5) is 19.0. The second kappa shape index (κ2) is 7.03. The summed E-state index contributed by atoms with van der Waals surface area (Å²) in [5, 5.41) is 6.24. The predicted molar refractivity (Wildman–Crippen MR) is 89.3 cm³/mol. The van der Waals surface area contributed by atoms with Gasteiger partial charge in [0.25, 0.3) is 5.91 Å². The summed E-state index contributed by atoms with van der Waals surface area (Å²) in [7, 11) is 0. The number of nitrogens with zero attached hydrogens (tertiary/aromatic N) is 2. The third kappa shape index (κ3) is 3.54. The average Bonchev–Trinajstić information content (AvgIpc) is 3.03. The minimum absolute atomic E-state index is 0.0659. The van der Waals surface area contributed by atoms with Crippen molar-refractivity contribution in [3.05, 3.63) is 52.0 Å². The number of hydrogen-bond donors (Lipinski definition) is 1. The molecule has 1 amide bonds. The number of thiazole rings is 1. The number of amides is 1. The molecule has 4 nitrogen and oxygen atoms in total. The van der Waals surface area contributed by atoms with Gasteiger partial charge < -0.3 is 10.2 Å². The van der Waals surface area contributed by atoms with Gasteiger partial charge in [0, 0.05) is 37.5 Å². The normalized spacial score (nSPS) is 18.4. The first-order valence-corrected chi connectivity index (χ1v) is 8.62. The summed E-state index contributed by atoms with van der Waals surface area (Å²) >= 11 is 1.59. The quantitative estimate of drug-likeness (QED) is 0.942. The summed E-state index contributed by atoms with van der Waals surface area (Å²) in [5.41, 5.74) is 1.91. The lowest BCUT2D eigenvalue weighted by Crippen LogP contribution is -2.52. The molecule has 0 saturated carbocycles. The molecule has 1 N–H and O–H groups in total. The largest absolute Gasteiger partial charge is 0.332 e. The fraction of sp³-hybridized carbons (Fsp3) is 0.412. The highest BCUT2D eigenvalue weighted by molar-refractivity contribution is 7.09. The van der Waals surface area contributed by atoms with Crippen molar-refractivity contribution in [1.82, 2.24) is 15.2 Å². The molecule has 1 aromatic heterocycles. The molecule has 1 atom stereocenters. The van der Waals surface area contributed by atoms with Gasteiger partial charge >= 0.3 is 0 Å². The van der Waals surface area contributed by atoms with Gasteiger partial charge in [-0.15, -0.1) is 11.3 Å². The van der Waals surface area contributed by atoms with Crippen LogP contribution in [0.15, 0.2) is 35.7 Å². The highest BCUT2D eigenvalue weighted by atomic mass is 32.1. The first-order valence-electron chi connectivity index (χ1n) is 7.74. The second-order valence-electron chi connectivity index (χ2n) is 5.66. The van der Waals surface area contributed by atoms with Crippen LogP contribution in [0.3, 0.4) is 0 Å². The maximum atomic E-state index is 12.5. The van der Waals surface area contributed by atoms with E-state index >= 15 is 0 Å². The number of aryl methyl sites for hydroxylation is 2. The van der Waals surface area contributed by atoms with Crippen LogP contribution < -0.4 is 5.32 Å². The smallest absolute Gasteiger partial charge is 0.273 e. The Labute approximate surface area is 135 Å². The standard InChI is InChI=1S/C17H21N3OS/c1-13-11-18-9-10-20(13)17(21)15-12-22-16(19-15)8-7-14-5-3-2-4-6-14/h2-6,12-13,18H,7-11H2,1H3/t13-/m0/s1. The SMILES string of the molecule is C[C@H]1CNCCN1C(=O)c1csc(CCc2ccccc2)n1. The average molecular weight is 315 g/mol. The number of carbonyl (C=O) groups is 1. The number of hydrogen-bond acceptors (Lipinski definition) is 4. The first-order chi connectivity index (χ1) is 10.7. The lowest BCUT2D eigenvalue weighted by atomic mass is 10.1. The van der Waals surface area contributed by atoms with E-state index < -0.39 is 0 Å². The van der Waals surface area contributed by atoms with Gasteiger partial charge in [0.2, 0.25) is 0 Å². The van der Waals surface area contributed by atoms with Gasteiger partial charge in [0.1, 0.15) is 5.69 Å². The van der Waals surface area contributed by atoms with E-state index in [1.807, 2.05) is 16.3 Å². The van der Waals surface area contributed by atoms with E-state index in [-0.39, 0.29) is 11.9 Å². The van der Waals surface area contributed by atoms with Crippen molar-refractivity contribution in [2.75, 3.05) is 19.6 Å². The molecule has 22 heavy (non-hydrogen) atoms. The molecule has 116 valence electrons. The lowest BCUT2D eigenvalue weighted by Gasteiger charge is -2.33. The van der Waals surface area contributed by atoms with Gasteiger partial charge in [-0.3, -0.25) is 4.79 Å². The minimum Gasteiger partial charge on any atom is -0.332 e. The summed E-state index contributed by atoms with van der Waals surface area (Å²) in [6, 6.07) is 10.6. The van der Waals surface area contributed by atoms with Crippen molar-refractivity contribution < 1.29 is 4.79 Å². The molecule has 5 heteroatoms. The molecule has 0 unspecified atom stereocenters. The van der Waals surface area contributed by atoms with Crippen molar-refractivity contribution in [2.24, 2.45) is 0 Å².